The maximum Gasteiger partial charge on any atom is 0.213 e. The Balaban J connectivity index is 0.00000208. The molecule has 2 aliphatic rings. The van der Waals surface area contributed by atoms with Gasteiger partial charge in [0.25, 0.3) is 0 Å². The highest BCUT2D eigenvalue weighted by Crippen LogP contribution is 2.43. The van der Waals surface area contributed by atoms with E-state index >= 15 is 0 Å². The molecular weight excluding hydrogens is 415 g/mol. The van der Waals surface area contributed by atoms with Crippen LogP contribution in [0.15, 0.2) is 23.3 Å². The predicted octanol–water partition coefficient (Wildman–Crippen LogP) is 3.44. The van der Waals surface area contributed by atoms with Gasteiger partial charge in [-0.1, -0.05) is 19.3 Å². The number of methoxy groups -OCH3 is 1. The van der Waals surface area contributed by atoms with Crippen LogP contribution in [0, 0.1) is 5.41 Å². The van der Waals surface area contributed by atoms with Crippen molar-refractivity contribution in [2.75, 3.05) is 27.2 Å². The second-order valence-electron chi connectivity index (χ2n) is 6.84. The number of nitrogens with zero attached hydrogens (tertiary/aromatic N) is 3. The highest BCUT2D eigenvalue weighted by atomic mass is 127. The van der Waals surface area contributed by atoms with Crippen LogP contribution in [0.2, 0.25) is 0 Å². The van der Waals surface area contributed by atoms with Crippen LogP contribution in [-0.4, -0.2) is 43.1 Å². The summed E-state index contributed by atoms with van der Waals surface area (Å²) in [5.74, 6) is 1.67. The van der Waals surface area contributed by atoms with Crippen LogP contribution < -0.4 is 10.1 Å². The van der Waals surface area contributed by atoms with E-state index in [1.54, 1.807) is 13.3 Å². The SMILES string of the molecule is CN=C(NCc1ccnc(OC)c1)N1CCC2(CCCCC2)C1.I. The lowest BCUT2D eigenvalue weighted by Gasteiger charge is -2.33. The molecule has 3 rings (SSSR count). The third-order valence-corrected chi connectivity index (χ3v) is 5.32. The summed E-state index contributed by atoms with van der Waals surface area (Å²) in [5, 5.41) is 3.49. The third-order valence-electron chi connectivity index (χ3n) is 5.32. The Morgan fingerprint density at radius 1 is 1.33 bits per heavy atom. The summed E-state index contributed by atoms with van der Waals surface area (Å²) in [5.41, 5.74) is 1.71. The zero-order chi connectivity index (χ0) is 16.1. The fraction of sp³-hybridized carbons (Fsp3) is 0.667. The molecule has 0 bridgehead atoms. The predicted molar refractivity (Wildman–Crippen MR) is 108 cm³/mol. The molecule has 5 nitrogen and oxygen atoms in total. The van der Waals surface area contributed by atoms with Crippen LogP contribution >= 0.6 is 24.0 Å². The van der Waals surface area contributed by atoms with E-state index in [9.17, 15) is 0 Å². The van der Waals surface area contributed by atoms with Gasteiger partial charge in [0.15, 0.2) is 5.96 Å². The molecular formula is C18H29IN4O. The Morgan fingerprint density at radius 2 is 2.12 bits per heavy atom. The number of pyridine rings is 1. The topological polar surface area (TPSA) is 49.8 Å². The first kappa shape index (κ1) is 19.3. The van der Waals surface area contributed by atoms with Gasteiger partial charge in [0.2, 0.25) is 5.88 Å². The number of nitrogens with one attached hydrogen (secondary N) is 1. The summed E-state index contributed by atoms with van der Waals surface area (Å²) in [6, 6.07) is 3.97. The Morgan fingerprint density at radius 3 is 2.83 bits per heavy atom. The third kappa shape index (κ3) is 4.52. The molecule has 0 aromatic carbocycles. The second-order valence-corrected chi connectivity index (χ2v) is 6.84. The van der Waals surface area contributed by atoms with Gasteiger partial charge in [0, 0.05) is 38.9 Å². The molecule has 2 heterocycles. The maximum atomic E-state index is 5.18. The first-order valence-corrected chi connectivity index (χ1v) is 8.69. The fourth-order valence-electron chi connectivity index (χ4n) is 4.01. The summed E-state index contributed by atoms with van der Waals surface area (Å²) in [6.45, 7) is 3.03. The first-order valence-electron chi connectivity index (χ1n) is 8.69. The highest BCUT2D eigenvalue weighted by molar-refractivity contribution is 14.0. The molecule has 0 radical (unpaired) electrons. The molecule has 0 amide bonds. The average molecular weight is 444 g/mol. The van der Waals surface area contributed by atoms with E-state index in [1.165, 1.54) is 38.5 Å². The van der Waals surface area contributed by atoms with E-state index in [4.69, 9.17) is 4.74 Å². The summed E-state index contributed by atoms with van der Waals surface area (Å²) < 4.78 is 5.18. The van der Waals surface area contributed by atoms with Crippen LogP contribution in [0.5, 0.6) is 5.88 Å². The van der Waals surface area contributed by atoms with E-state index in [0.29, 0.717) is 11.3 Å². The standard InChI is InChI=1S/C18H28N4O.HI/c1-19-17(21-13-15-6-10-20-16(12-15)23-2)22-11-9-18(14-22)7-4-3-5-8-18;/h6,10,12H,3-5,7-9,11,13-14H2,1-2H3,(H,19,21);1H. The molecule has 1 saturated carbocycles. The van der Waals surface area contributed by atoms with Crippen LogP contribution in [-0.2, 0) is 6.54 Å². The molecule has 1 aromatic rings. The van der Waals surface area contributed by atoms with E-state index < -0.39 is 0 Å². The first-order chi connectivity index (χ1) is 11.2. The van der Waals surface area contributed by atoms with Crippen LogP contribution in [0.1, 0.15) is 44.1 Å². The van der Waals surface area contributed by atoms with E-state index in [1.807, 2.05) is 19.2 Å². The molecule has 0 atom stereocenters. The van der Waals surface area contributed by atoms with E-state index in [-0.39, 0.29) is 24.0 Å². The van der Waals surface area contributed by atoms with Crippen LogP contribution in [0.25, 0.3) is 0 Å². The molecule has 24 heavy (non-hydrogen) atoms. The number of hydrogen-bond donors (Lipinski definition) is 1. The molecule has 1 N–H and O–H groups in total. The quantitative estimate of drug-likeness (QED) is 0.441. The monoisotopic (exact) mass is 444 g/mol. The normalized spacial score (nSPS) is 19.9. The van der Waals surface area contributed by atoms with Crippen LogP contribution in [0.4, 0.5) is 0 Å². The van der Waals surface area contributed by atoms with Crippen molar-refractivity contribution in [2.45, 2.75) is 45.1 Å². The van der Waals surface area contributed by atoms with Crippen molar-refractivity contribution in [3.8, 4) is 5.88 Å². The van der Waals surface area contributed by atoms with Gasteiger partial charge in [0.05, 0.1) is 7.11 Å². The second kappa shape index (κ2) is 8.87. The Bertz CT molecular complexity index is 558. The Labute approximate surface area is 162 Å². The summed E-state index contributed by atoms with van der Waals surface area (Å²) in [7, 11) is 3.52. The van der Waals surface area contributed by atoms with E-state index in [0.717, 1.165) is 31.2 Å². The van der Waals surface area contributed by atoms with Crippen molar-refractivity contribution >= 4 is 29.9 Å². The number of halogens is 1. The number of rotatable bonds is 3. The molecule has 1 aromatic heterocycles. The van der Waals surface area contributed by atoms with Gasteiger partial charge in [-0.25, -0.2) is 4.98 Å². The number of aromatic nitrogens is 1. The zero-order valence-corrected chi connectivity index (χ0v) is 17.1. The zero-order valence-electron chi connectivity index (χ0n) is 14.8. The number of ether oxygens (including phenoxy) is 1. The molecule has 6 heteroatoms. The van der Waals surface area contributed by atoms with Gasteiger partial charge in [-0.15, -0.1) is 24.0 Å². The summed E-state index contributed by atoms with van der Waals surface area (Å²) in [4.78, 5) is 11.1. The Hall–Kier alpha value is -1.05. The van der Waals surface area contributed by atoms with Crippen molar-refractivity contribution in [1.29, 1.82) is 0 Å². The van der Waals surface area contributed by atoms with Crippen molar-refractivity contribution in [2.24, 2.45) is 10.4 Å². The van der Waals surface area contributed by atoms with Crippen molar-refractivity contribution in [3.63, 3.8) is 0 Å². The lowest BCUT2D eigenvalue weighted by molar-refractivity contribution is 0.203. The summed E-state index contributed by atoms with van der Waals surface area (Å²) >= 11 is 0. The van der Waals surface area contributed by atoms with Crippen molar-refractivity contribution in [1.82, 2.24) is 15.2 Å². The molecule has 0 unspecified atom stereocenters. The van der Waals surface area contributed by atoms with Gasteiger partial charge >= 0.3 is 0 Å². The summed E-state index contributed by atoms with van der Waals surface area (Å²) in [6.07, 6.45) is 10.1. The molecule has 1 aliphatic carbocycles. The number of guanidine groups is 1. The minimum absolute atomic E-state index is 0. The molecule has 134 valence electrons. The van der Waals surface area contributed by atoms with Crippen LogP contribution in [0.3, 0.4) is 0 Å². The fourth-order valence-corrected chi connectivity index (χ4v) is 4.01. The minimum Gasteiger partial charge on any atom is -0.481 e. The average Bonchev–Trinajstić information content (AvgIpc) is 2.99. The van der Waals surface area contributed by atoms with Gasteiger partial charge in [-0.05, 0) is 36.3 Å². The van der Waals surface area contributed by atoms with Crippen molar-refractivity contribution < 1.29 is 4.74 Å². The Kier molecular flexibility index (Phi) is 7.13. The van der Waals surface area contributed by atoms with Gasteiger partial charge in [0.1, 0.15) is 0 Å². The lowest BCUT2D eigenvalue weighted by atomic mass is 9.73. The van der Waals surface area contributed by atoms with Gasteiger partial charge in [-0.2, -0.15) is 0 Å². The van der Waals surface area contributed by atoms with Gasteiger partial charge in [-0.3, -0.25) is 4.99 Å². The molecule has 1 aliphatic heterocycles. The number of aliphatic imine (C=N–C) groups is 1. The largest absolute Gasteiger partial charge is 0.481 e. The highest BCUT2D eigenvalue weighted by Gasteiger charge is 2.39. The number of likely N-dealkylation sites (tertiary alicyclic amines) is 1. The molecule has 1 spiro atoms. The molecule has 2 fully saturated rings. The number of hydrogen-bond acceptors (Lipinski definition) is 3. The van der Waals surface area contributed by atoms with E-state index in [2.05, 4.69) is 20.2 Å². The maximum absolute atomic E-state index is 5.18. The minimum atomic E-state index is 0. The lowest BCUT2D eigenvalue weighted by Crippen LogP contribution is -2.41. The smallest absolute Gasteiger partial charge is 0.213 e. The van der Waals surface area contributed by atoms with Crippen molar-refractivity contribution in [3.05, 3.63) is 23.9 Å². The van der Waals surface area contributed by atoms with Gasteiger partial charge < -0.3 is 15.0 Å². The molecule has 1 saturated heterocycles.